The van der Waals surface area contributed by atoms with Crippen LogP contribution in [0.5, 0.6) is 0 Å². The molecule has 0 aromatic carbocycles. The zero-order valence-corrected chi connectivity index (χ0v) is 20.5. The van der Waals surface area contributed by atoms with Crippen molar-refractivity contribution < 1.29 is 4.43 Å². The molecule has 0 aliphatic carbocycles. The van der Waals surface area contributed by atoms with Crippen molar-refractivity contribution in [2.24, 2.45) is 5.41 Å². The maximum atomic E-state index is 6.17. The van der Waals surface area contributed by atoms with Crippen molar-refractivity contribution in [3.8, 4) is 0 Å². The van der Waals surface area contributed by atoms with Gasteiger partial charge in [0.05, 0.1) is 0 Å². The third-order valence-electron chi connectivity index (χ3n) is 6.35. The third-order valence-corrected chi connectivity index (χ3v) is 10.3. The normalized spacial score (nSPS) is 15.2. The minimum Gasteiger partial charge on any atom is -0.420 e. The van der Waals surface area contributed by atoms with Gasteiger partial charge in [-0.25, -0.2) is 0 Å². The summed E-state index contributed by atoms with van der Waals surface area (Å²) in [5.74, 6) is 0. The van der Waals surface area contributed by atoms with Gasteiger partial charge in [-0.05, 0) is 57.9 Å². The Hall–Kier alpha value is 0.0569. The fourth-order valence-corrected chi connectivity index (χ4v) is 6.82. The van der Waals surface area contributed by atoms with Crippen molar-refractivity contribution in [3.63, 3.8) is 0 Å². The predicted molar refractivity (Wildman–Crippen MR) is 120 cm³/mol. The van der Waals surface area contributed by atoms with Crippen LogP contribution >= 0.6 is 0 Å². The number of hydrogen-bond acceptors (Lipinski definition) is 4. The molecule has 0 bridgehead atoms. The van der Waals surface area contributed by atoms with Gasteiger partial charge in [-0.1, -0.05) is 48.5 Å². The van der Waals surface area contributed by atoms with E-state index in [1.54, 1.807) is 0 Å². The van der Waals surface area contributed by atoms with E-state index in [0.717, 1.165) is 39.3 Å². The molecule has 1 unspecified atom stereocenters. The van der Waals surface area contributed by atoms with E-state index in [1.807, 2.05) is 7.11 Å². The van der Waals surface area contributed by atoms with Crippen LogP contribution in [0.3, 0.4) is 0 Å². The molecule has 0 rings (SSSR count). The molecule has 0 N–H and O–H groups in total. The molecule has 158 valence electrons. The first-order valence-corrected chi connectivity index (χ1v) is 13.9. The Morgan fingerprint density at radius 1 is 0.654 bits per heavy atom. The summed E-state index contributed by atoms with van der Waals surface area (Å²) in [6.45, 7) is 28.9. The number of rotatable bonds is 16. The van der Waals surface area contributed by atoms with Gasteiger partial charge in [-0.15, -0.1) is 0 Å². The first kappa shape index (κ1) is 26.1. The average molecular weight is 388 g/mol. The van der Waals surface area contributed by atoms with Gasteiger partial charge < -0.3 is 19.1 Å². The highest BCUT2D eigenvalue weighted by Crippen LogP contribution is 2.35. The van der Waals surface area contributed by atoms with E-state index in [1.165, 1.54) is 31.7 Å². The van der Waals surface area contributed by atoms with Crippen LogP contribution in [0.25, 0.3) is 0 Å². The Morgan fingerprint density at radius 2 is 0.962 bits per heavy atom. The highest BCUT2D eigenvalue weighted by molar-refractivity contribution is 6.72. The van der Waals surface area contributed by atoms with Crippen LogP contribution in [0.4, 0.5) is 0 Å². The molecule has 1 atom stereocenters. The van der Waals surface area contributed by atoms with Crippen LogP contribution in [-0.4, -0.2) is 89.0 Å². The first-order chi connectivity index (χ1) is 12.3. The molecule has 0 fully saturated rings. The molecule has 4 nitrogen and oxygen atoms in total. The van der Waals surface area contributed by atoms with E-state index in [4.69, 9.17) is 4.43 Å². The molecule has 0 saturated heterocycles. The molecule has 0 spiro atoms. The van der Waals surface area contributed by atoms with Crippen molar-refractivity contribution in [2.45, 2.75) is 67.1 Å². The van der Waals surface area contributed by atoms with E-state index < -0.39 is 8.32 Å². The summed E-state index contributed by atoms with van der Waals surface area (Å²) in [6, 6.07) is 2.44. The Balaban J connectivity index is 5.92. The van der Waals surface area contributed by atoms with Crippen LogP contribution in [0.2, 0.25) is 18.6 Å². The lowest BCUT2D eigenvalue weighted by atomic mass is 9.87. The molecule has 5 heteroatoms. The van der Waals surface area contributed by atoms with Crippen molar-refractivity contribution in [1.29, 1.82) is 0 Å². The third kappa shape index (κ3) is 8.38. The standard InChI is InChI=1S/C21H49N3OSi/c1-10-22(11-2)17-21(18-23(12-3)13-4,19-24(14-5)15-6)20-26(9,16-7)25-8/h10-20H2,1-9H3. The second kappa shape index (κ2) is 13.3. The predicted octanol–water partition coefficient (Wildman–Crippen LogP) is 4.24. The molecule has 0 aromatic rings. The molecule has 26 heavy (non-hydrogen) atoms. The van der Waals surface area contributed by atoms with Crippen molar-refractivity contribution in [2.75, 3.05) is 66.0 Å². The van der Waals surface area contributed by atoms with Gasteiger partial charge in [0.25, 0.3) is 0 Å². The van der Waals surface area contributed by atoms with Crippen molar-refractivity contribution >= 4 is 8.32 Å². The lowest BCUT2D eigenvalue weighted by Gasteiger charge is -2.47. The molecule has 0 aliphatic heterocycles. The van der Waals surface area contributed by atoms with E-state index in [0.29, 0.717) is 0 Å². The van der Waals surface area contributed by atoms with Gasteiger partial charge in [-0.3, -0.25) is 0 Å². The fourth-order valence-electron chi connectivity index (χ4n) is 4.22. The van der Waals surface area contributed by atoms with Crippen molar-refractivity contribution in [1.82, 2.24) is 14.7 Å². The van der Waals surface area contributed by atoms with Gasteiger partial charge in [-0.2, -0.15) is 0 Å². The summed E-state index contributed by atoms with van der Waals surface area (Å²) in [7, 11) is 0.261. The Kier molecular flexibility index (Phi) is 13.3. The quantitative estimate of drug-likeness (QED) is 0.369. The molecule has 0 radical (unpaired) electrons. The highest BCUT2D eigenvalue weighted by Gasteiger charge is 2.42. The highest BCUT2D eigenvalue weighted by atomic mass is 28.4. The van der Waals surface area contributed by atoms with E-state index in [2.05, 4.69) is 69.7 Å². The number of nitrogens with zero attached hydrogens (tertiary/aromatic N) is 3. The van der Waals surface area contributed by atoms with Gasteiger partial charge in [0.15, 0.2) is 8.32 Å². The van der Waals surface area contributed by atoms with Crippen LogP contribution in [0.15, 0.2) is 0 Å². The Labute approximate surface area is 166 Å². The zero-order chi connectivity index (χ0) is 20.2. The Morgan fingerprint density at radius 3 is 1.15 bits per heavy atom. The SMILES string of the molecule is CCN(CC)CC(CN(CC)CC)(CN(CC)CC)C[Si](C)(CC)OC. The smallest absolute Gasteiger partial charge is 0.189 e. The van der Waals surface area contributed by atoms with Crippen LogP contribution < -0.4 is 0 Å². The minimum absolute atomic E-state index is 0.275. The summed E-state index contributed by atoms with van der Waals surface area (Å²) in [4.78, 5) is 7.90. The van der Waals surface area contributed by atoms with Gasteiger partial charge in [0.2, 0.25) is 0 Å². The molecule has 0 aliphatic rings. The molecular weight excluding hydrogens is 338 g/mol. The second-order valence-corrected chi connectivity index (χ2v) is 12.4. The summed E-state index contributed by atoms with van der Waals surface area (Å²) >= 11 is 0. The molecule has 0 saturated carbocycles. The van der Waals surface area contributed by atoms with Gasteiger partial charge in [0.1, 0.15) is 0 Å². The second-order valence-electron chi connectivity index (χ2n) is 8.07. The summed E-state index contributed by atoms with van der Waals surface area (Å²) in [5.41, 5.74) is 0.275. The van der Waals surface area contributed by atoms with Gasteiger partial charge >= 0.3 is 0 Å². The lowest BCUT2D eigenvalue weighted by Crippen LogP contribution is -2.55. The van der Waals surface area contributed by atoms with E-state index in [-0.39, 0.29) is 5.41 Å². The van der Waals surface area contributed by atoms with E-state index in [9.17, 15) is 0 Å². The average Bonchev–Trinajstić information content (AvgIpc) is 2.68. The minimum atomic E-state index is -1.69. The number of hydrogen-bond donors (Lipinski definition) is 0. The zero-order valence-electron chi connectivity index (χ0n) is 19.5. The largest absolute Gasteiger partial charge is 0.420 e. The summed E-state index contributed by atoms with van der Waals surface area (Å²) < 4.78 is 6.17. The van der Waals surface area contributed by atoms with Gasteiger partial charge in [0, 0.05) is 32.2 Å². The maximum absolute atomic E-state index is 6.17. The molecular formula is C21H49N3OSi. The summed E-state index contributed by atoms with van der Waals surface area (Å²) in [5, 5.41) is 0. The molecule has 0 amide bonds. The maximum Gasteiger partial charge on any atom is 0.189 e. The fraction of sp³-hybridized carbons (Fsp3) is 1.00. The summed E-state index contributed by atoms with van der Waals surface area (Å²) in [6.07, 6.45) is 0. The first-order valence-electron chi connectivity index (χ1n) is 11.0. The van der Waals surface area contributed by atoms with Crippen LogP contribution in [0.1, 0.15) is 48.5 Å². The molecule has 0 aromatic heterocycles. The van der Waals surface area contributed by atoms with E-state index >= 15 is 0 Å². The topological polar surface area (TPSA) is 19.0 Å². The Bertz CT molecular complexity index is 302. The van der Waals surface area contributed by atoms with Crippen LogP contribution in [0, 0.1) is 5.41 Å². The lowest BCUT2D eigenvalue weighted by molar-refractivity contribution is 0.0726. The van der Waals surface area contributed by atoms with Crippen LogP contribution in [-0.2, 0) is 4.43 Å². The van der Waals surface area contributed by atoms with Crippen molar-refractivity contribution in [3.05, 3.63) is 0 Å². The molecule has 0 heterocycles. The monoisotopic (exact) mass is 387 g/mol.